The van der Waals surface area contributed by atoms with Gasteiger partial charge in [-0.3, -0.25) is 0 Å². The van der Waals surface area contributed by atoms with Gasteiger partial charge in [-0.1, -0.05) is 41.6 Å². The van der Waals surface area contributed by atoms with E-state index in [4.69, 9.17) is 11.6 Å². The largest absolute Gasteiger partial charge is 0.416 e. The number of fused-ring (bicyclic) bond motifs is 1. The number of alkyl halides is 3. The van der Waals surface area contributed by atoms with Gasteiger partial charge in [-0.25, -0.2) is 0 Å². The molecule has 8 heteroatoms. The summed E-state index contributed by atoms with van der Waals surface area (Å²) in [6, 6.07) is 10.8. The number of nitrogens with one attached hydrogen (secondary N) is 1. The molecule has 0 unspecified atom stereocenters. The molecule has 0 aromatic heterocycles. The second kappa shape index (κ2) is 6.67. The van der Waals surface area contributed by atoms with Crippen molar-refractivity contribution in [1.29, 1.82) is 0 Å². The predicted octanol–water partition coefficient (Wildman–Crippen LogP) is 6.08. The summed E-state index contributed by atoms with van der Waals surface area (Å²) in [5.41, 5.74) is 0.852. The smallest absolute Gasteiger partial charge is 0.333 e. The summed E-state index contributed by atoms with van der Waals surface area (Å²) in [7, 11) is 0. The Bertz CT molecular complexity index is 763. The second-order valence-electron chi connectivity index (χ2n) is 4.74. The zero-order chi connectivity index (χ0) is 16.4. The van der Waals surface area contributed by atoms with Crippen molar-refractivity contribution in [2.24, 2.45) is 4.40 Å². The van der Waals surface area contributed by atoms with Crippen molar-refractivity contribution in [3.63, 3.8) is 0 Å². The summed E-state index contributed by atoms with van der Waals surface area (Å²) in [5, 5.41) is 4.44. The minimum absolute atomic E-state index is 0.402. The molecule has 2 aromatic carbocycles. The monoisotopic (exact) mass is 374 g/mol. The second-order valence-corrected chi connectivity index (χ2v) is 6.95. The topological polar surface area (TPSA) is 24.4 Å². The first-order valence-electron chi connectivity index (χ1n) is 6.52. The van der Waals surface area contributed by atoms with Crippen LogP contribution in [0, 0.1) is 0 Å². The van der Waals surface area contributed by atoms with Crippen molar-refractivity contribution in [2.75, 3.05) is 5.32 Å². The van der Waals surface area contributed by atoms with E-state index in [1.54, 1.807) is 12.1 Å². The fourth-order valence-corrected chi connectivity index (χ4v) is 3.80. The Hall–Kier alpha value is -1.31. The molecule has 0 atom stereocenters. The number of thioether (sulfide) groups is 1. The Balaban J connectivity index is 1.66. The molecule has 0 saturated heterocycles. The summed E-state index contributed by atoms with van der Waals surface area (Å²) in [4.78, 5) is 0.918. The maximum atomic E-state index is 12.7. The Morgan fingerprint density at radius 3 is 2.78 bits per heavy atom. The van der Waals surface area contributed by atoms with Crippen LogP contribution in [0.3, 0.4) is 0 Å². The van der Waals surface area contributed by atoms with Gasteiger partial charge in [0.15, 0.2) is 5.17 Å². The first-order chi connectivity index (χ1) is 10.9. The van der Waals surface area contributed by atoms with Gasteiger partial charge in [0.25, 0.3) is 0 Å². The zero-order valence-electron chi connectivity index (χ0n) is 11.5. The average molecular weight is 375 g/mol. The molecule has 0 bridgehead atoms. The molecule has 0 aliphatic carbocycles. The van der Waals surface area contributed by atoms with Crippen LogP contribution in [0.4, 0.5) is 18.9 Å². The Morgan fingerprint density at radius 2 is 2.00 bits per heavy atom. The highest BCUT2D eigenvalue weighted by Crippen LogP contribution is 2.36. The molecule has 3 rings (SSSR count). The quantitative estimate of drug-likeness (QED) is 0.644. The van der Waals surface area contributed by atoms with Crippen LogP contribution in [0.25, 0.3) is 0 Å². The van der Waals surface area contributed by atoms with E-state index in [2.05, 4.69) is 9.71 Å². The number of rotatable bonds is 2. The molecule has 23 heavy (non-hydrogen) atoms. The Kier molecular flexibility index (Phi) is 4.79. The van der Waals surface area contributed by atoms with E-state index >= 15 is 0 Å². The molecule has 0 spiro atoms. The molecule has 1 heterocycles. The standard InChI is InChI=1S/C15H10ClF3N2S2/c16-11-4-5-12-13(7-11)23-21-14(20-12)22-8-9-2-1-3-10(6-9)15(17,18)19/h1-7H,8H2,(H,20,21). The van der Waals surface area contributed by atoms with Gasteiger partial charge in [0.05, 0.1) is 16.1 Å². The van der Waals surface area contributed by atoms with Crippen molar-refractivity contribution < 1.29 is 13.2 Å². The number of anilines is 1. The lowest BCUT2D eigenvalue weighted by Crippen LogP contribution is -2.11. The van der Waals surface area contributed by atoms with Gasteiger partial charge in [0, 0.05) is 22.7 Å². The van der Waals surface area contributed by atoms with Gasteiger partial charge in [0.2, 0.25) is 0 Å². The van der Waals surface area contributed by atoms with Crippen LogP contribution in [0.1, 0.15) is 11.1 Å². The maximum absolute atomic E-state index is 12.7. The van der Waals surface area contributed by atoms with E-state index in [9.17, 15) is 13.2 Å². The van der Waals surface area contributed by atoms with Crippen molar-refractivity contribution in [2.45, 2.75) is 16.8 Å². The number of hydrogen-bond acceptors (Lipinski definition) is 4. The van der Waals surface area contributed by atoms with Crippen molar-refractivity contribution in [3.05, 3.63) is 58.6 Å². The van der Waals surface area contributed by atoms with Crippen LogP contribution < -0.4 is 5.32 Å². The number of halogens is 4. The van der Waals surface area contributed by atoms with Gasteiger partial charge in [-0.2, -0.15) is 17.6 Å². The fourth-order valence-electron chi connectivity index (χ4n) is 1.96. The first-order valence-corrected chi connectivity index (χ1v) is 8.66. The normalized spacial score (nSPS) is 14.0. The fraction of sp³-hybridized carbons (Fsp3) is 0.133. The van der Waals surface area contributed by atoms with E-state index in [0.717, 1.165) is 22.7 Å². The van der Waals surface area contributed by atoms with Gasteiger partial charge >= 0.3 is 6.18 Å². The van der Waals surface area contributed by atoms with Gasteiger partial charge in [-0.15, -0.1) is 0 Å². The molecule has 120 valence electrons. The van der Waals surface area contributed by atoms with E-state index in [1.165, 1.54) is 29.8 Å². The van der Waals surface area contributed by atoms with Crippen LogP contribution in [0.15, 0.2) is 51.8 Å². The summed E-state index contributed by atoms with van der Waals surface area (Å²) in [6.45, 7) is 0. The van der Waals surface area contributed by atoms with Crippen LogP contribution in [-0.2, 0) is 11.9 Å². The van der Waals surface area contributed by atoms with E-state index in [-0.39, 0.29) is 0 Å². The summed E-state index contributed by atoms with van der Waals surface area (Å²) in [6.07, 6.45) is -4.32. The third-order valence-corrected chi connectivity index (χ3v) is 5.15. The van der Waals surface area contributed by atoms with Crippen LogP contribution >= 0.6 is 35.3 Å². The molecule has 0 amide bonds. The van der Waals surface area contributed by atoms with Crippen molar-refractivity contribution in [3.8, 4) is 0 Å². The molecule has 0 saturated carbocycles. The molecule has 1 aliphatic rings. The van der Waals surface area contributed by atoms with E-state index in [0.29, 0.717) is 21.5 Å². The number of nitrogens with zero attached hydrogens (tertiary/aromatic N) is 1. The van der Waals surface area contributed by atoms with Crippen molar-refractivity contribution in [1.82, 2.24) is 0 Å². The van der Waals surface area contributed by atoms with E-state index in [1.807, 2.05) is 12.1 Å². The predicted molar refractivity (Wildman–Crippen MR) is 91.1 cm³/mol. The minimum atomic E-state index is -4.32. The van der Waals surface area contributed by atoms with Crippen LogP contribution in [0.5, 0.6) is 0 Å². The molecule has 2 aromatic rings. The molecule has 0 fully saturated rings. The average Bonchev–Trinajstić information content (AvgIpc) is 2.52. The van der Waals surface area contributed by atoms with Gasteiger partial charge in [-0.05, 0) is 29.8 Å². The van der Waals surface area contributed by atoms with E-state index < -0.39 is 11.7 Å². The zero-order valence-corrected chi connectivity index (χ0v) is 13.9. The highest BCUT2D eigenvalue weighted by molar-refractivity contribution is 8.14. The summed E-state index contributed by atoms with van der Waals surface area (Å²) >= 11 is 8.57. The van der Waals surface area contributed by atoms with Crippen LogP contribution in [0.2, 0.25) is 5.02 Å². The third kappa shape index (κ3) is 4.16. The lowest BCUT2D eigenvalue weighted by molar-refractivity contribution is -0.137. The van der Waals surface area contributed by atoms with Gasteiger partial charge < -0.3 is 5.32 Å². The Morgan fingerprint density at radius 1 is 1.17 bits per heavy atom. The first kappa shape index (κ1) is 16.5. The number of benzene rings is 2. The number of hydrogen-bond donors (Lipinski definition) is 1. The molecule has 1 aliphatic heterocycles. The SMILES string of the molecule is FC(F)(F)c1cccc(CSC2=NSc3cc(Cl)ccc3N2)c1. The summed E-state index contributed by atoms with van der Waals surface area (Å²) in [5.74, 6) is 0.402. The highest BCUT2D eigenvalue weighted by atomic mass is 35.5. The van der Waals surface area contributed by atoms with Crippen molar-refractivity contribution >= 4 is 46.2 Å². The molecule has 0 radical (unpaired) electrons. The molecular weight excluding hydrogens is 365 g/mol. The highest BCUT2D eigenvalue weighted by Gasteiger charge is 2.30. The third-order valence-electron chi connectivity index (χ3n) is 3.04. The lowest BCUT2D eigenvalue weighted by Gasteiger charge is -2.17. The lowest BCUT2D eigenvalue weighted by atomic mass is 10.1. The maximum Gasteiger partial charge on any atom is 0.416 e. The molecule has 1 N–H and O–H groups in total. The molecular formula is C15H10ClF3N2S2. The molecule has 2 nitrogen and oxygen atoms in total. The van der Waals surface area contributed by atoms with Gasteiger partial charge in [0.1, 0.15) is 0 Å². The number of amidine groups is 1. The minimum Gasteiger partial charge on any atom is -0.333 e. The summed E-state index contributed by atoms with van der Waals surface area (Å²) < 4.78 is 42.4. The van der Waals surface area contributed by atoms with Crippen LogP contribution in [-0.4, -0.2) is 5.17 Å². The Labute approximate surface area is 144 Å².